The normalized spacial score (nSPS) is 17.5. The summed E-state index contributed by atoms with van der Waals surface area (Å²) in [6.45, 7) is 0.836. The summed E-state index contributed by atoms with van der Waals surface area (Å²) >= 11 is 1.64. The molecule has 0 radical (unpaired) electrons. The Morgan fingerprint density at radius 3 is 3.10 bits per heavy atom. The lowest BCUT2D eigenvalue weighted by atomic mass is 9.94. The molecule has 4 nitrogen and oxygen atoms in total. The molecule has 3 heterocycles. The van der Waals surface area contributed by atoms with Crippen LogP contribution in [0.15, 0.2) is 45.6 Å². The molecule has 4 rings (SSSR count). The second-order valence-corrected chi connectivity index (χ2v) is 5.69. The Morgan fingerprint density at radius 2 is 2.20 bits per heavy atom. The predicted octanol–water partition coefficient (Wildman–Crippen LogP) is 3.55. The van der Waals surface area contributed by atoms with Crippen molar-refractivity contribution < 1.29 is 4.52 Å². The van der Waals surface area contributed by atoms with Crippen molar-refractivity contribution in [3.8, 4) is 11.4 Å². The molecule has 2 aromatic heterocycles. The number of hydrogen-bond acceptors (Lipinski definition) is 5. The van der Waals surface area contributed by atoms with Crippen LogP contribution in [0.3, 0.4) is 0 Å². The highest BCUT2D eigenvalue weighted by atomic mass is 32.1. The summed E-state index contributed by atoms with van der Waals surface area (Å²) in [4.78, 5) is 4.54. The van der Waals surface area contributed by atoms with Crippen molar-refractivity contribution in [1.29, 1.82) is 0 Å². The maximum Gasteiger partial charge on any atom is 0.232 e. The van der Waals surface area contributed by atoms with Gasteiger partial charge in [-0.2, -0.15) is 16.3 Å². The van der Waals surface area contributed by atoms with E-state index in [1.165, 1.54) is 11.3 Å². The molecule has 0 aliphatic carbocycles. The average Bonchev–Trinajstić information content (AvgIpc) is 3.17. The third-order valence-corrected chi connectivity index (χ3v) is 4.28. The number of rotatable bonds is 2. The first kappa shape index (κ1) is 11.7. The van der Waals surface area contributed by atoms with Gasteiger partial charge < -0.3 is 9.84 Å². The second-order valence-electron chi connectivity index (χ2n) is 4.91. The number of nitrogens with one attached hydrogen (secondary N) is 1. The first-order valence-electron chi connectivity index (χ1n) is 6.58. The highest BCUT2D eigenvalue weighted by molar-refractivity contribution is 7.08. The largest absolute Gasteiger partial charge is 0.384 e. The van der Waals surface area contributed by atoms with Crippen LogP contribution >= 0.6 is 11.3 Å². The van der Waals surface area contributed by atoms with Gasteiger partial charge in [0.1, 0.15) is 0 Å². The van der Waals surface area contributed by atoms with Gasteiger partial charge in [0.25, 0.3) is 0 Å². The lowest BCUT2D eigenvalue weighted by Crippen LogP contribution is -2.21. The fourth-order valence-corrected chi connectivity index (χ4v) is 3.16. The maximum absolute atomic E-state index is 5.45. The van der Waals surface area contributed by atoms with E-state index in [9.17, 15) is 0 Å². The quantitative estimate of drug-likeness (QED) is 0.781. The molecule has 1 aliphatic heterocycles. The van der Waals surface area contributed by atoms with Gasteiger partial charge in [-0.25, -0.2) is 0 Å². The van der Waals surface area contributed by atoms with E-state index >= 15 is 0 Å². The van der Waals surface area contributed by atoms with Crippen molar-refractivity contribution in [2.45, 2.75) is 12.3 Å². The minimum atomic E-state index is 0.241. The van der Waals surface area contributed by atoms with Gasteiger partial charge in [-0.05, 0) is 29.5 Å². The number of benzene rings is 1. The smallest absolute Gasteiger partial charge is 0.232 e. The number of para-hydroxylation sites is 1. The minimum absolute atomic E-state index is 0.241. The zero-order chi connectivity index (χ0) is 13.4. The molecular formula is C15H13N3OS. The van der Waals surface area contributed by atoms with Crippen molar-refractivity contribution in [3.05, 3.63) is 52.5 Å². The Labute approximate surface area is 120 Å². The first-order valence-corrected chi connectivity index (χ1v) is 7.52. The number of nitrogens with zero attached hydrogens (tertiary/aromatic N) is 2. The fraction of sp³-hybridized carbons (Fsp3) is 0.200. The summed E-state index contributed by atoms with van der Waals surface area (Å²) in [5.41, 5.74) is 3.54. The SMILES string of the molecule is c1ccc2c(c1)CC(c1nc(-c3ccsc3)no1)CN2. The molecule has 1 aliphatic rings. The molecule has 0 fully saturated rings. The molecule has 3 aromatic rings. The van der Waals surface area contributed by atoms with Gasteiger partial charge >= 0.3 is 0 Å². The molecule has 1 N–H and O–H groups in total. The van der Waals surface area contributed by atoms with Gasteiger partial charge in [-0.1, -0.05) is 23.4 Å². The highest BCUT2D eigenvalue weighted by Gasteiger charge is 2.24. The van der Waals surface area contributed by atoms with Gasteiger partial charge in [0, 0.05) is 23.2 Å². The Hall–Kier alpha value is -2.14. The average molecular weight is 283 g/mol. The van der Waals surface area contributed by atoms with E-state index in [4.69, 9.17) is 4.52 Å². The summed E-state index contributed by atoms with van der Waals surface area (Å²) < 4.78 is 5.45. The Kier molecular flexibility index (Phi) is 2.77. The Morgan fingerprint density at radius 1 is 1.25 bits per heavy atom. The van der Waals surface area contributed by atoms with Crippen molar-refractivity contribution in [1.82, 2.24) is 10.1 Å². The van der Waals surface area contributed by atoms with Crippen LogP contribution in [0.5, 0.6) is 0 Å². The van der Waals surface area contributed by atoms with Crippen LogP contribution in [-0.2, 0) is 6.42 Å². The molecule has 100 valence electrons. The second kappa shape index (κ2) is 4.76. The Bertz CT molecular complexity index is 720. The Balaban J connectivity index is 1.60. The van der Waals surface area contributed by atoms with E-state index in [1.807, 2.05) is 22.9 Å². The van der Waals surface area contributed by atoms with Crippen LogP contribution in [0.2, 0.25) is 0 Å². The molecule has 0 saturated heterocycles. The topological polar surface area (TPSA) is 51.0 Å². The molecule has 0 bridgehead atoms. The van der Waals surface area contributed by atoms with Crippen molar-refractivity contribution in [3.63, 3.8) is 0 Å². The van der Waals surface area contributed by atoms with Gasteiger partial charge in [0.15, 0.2) is 0 Å². The molecule has 5 heteroatoms. The number of aromatic nitrogens is 2. The third-order valence-electron chi connectivity index (χ3n) is 3.59. The molecule has 1 aromatic carbocycles. The number of anilines is 1. The van der Waals surface area contributed by atoms with E-state index in [-0.39, 0.29) is 5.92 Å². The summed E-state index contributed by atoms with van der Waals surface area (Å²) in [5, 5.41) is 11.6. The van der Waals surface area contributed by atoms with Crippen molar-refractivity contribution in [2.24, 2.45) is 0 Å². The van der Waals surface area contributed by atoms with E-state index < -0.39 is 0 Å². The maximum atomic E-state index is 5.45. The standard InChI is InChI=1S/C15H13N3OS/c1-2-4-13-10(3-1)7-12(8-16-13)15-17-14(18-19-15)11-5-6-20-9-11/h1-6,9,12,16H,7-8H2. The third kappa shape index (κ3) is 2.00. The van der Waals surface area contributed by atoms with Crippen LogP contribution in [-0.4, -0.2) is 16.7 Å². The van der Waals surface area contributed by atoms with Crippen LogP contribution in [0.1, 0.15) is 17.4 Å². The monoisotopic (exact) mass is 283 g/mol. The van der Waals surface area contributed by atoms with Crippen LogP contribution in [0.25, 0.3) is 11.4 Å². The summed E-state index contributed by atoms with van der Waals surface area (Å²) in [6.07, 6.45) is 0.939. The predicted molar refractivity (Wildman–Crippen MR) is 79.0 cm³/mol. The number of thiophene rings is 1. The van der Waals surface area contributed by atoms with Crippen LogP contribution in [0, 0.1) is 0 Å². The van der Waals surface area contributed by atoms with Gasteiger partial charge in [0.05, 0.1) is 5.92 Å². The van der Waals surface area contributed by atoms with Crippen molar-refractivity contribution in [2.75, 3.05) is 11.9 Å². The number of fused-ring (bicyclic) bond motifs is 1. The van der Waals surface area contributed by atoms with Gasteiger partial charge in [-0.15, -0.1) is 0 Å². The van der Waals surface area contributed by atoms with Crippen LogP contribution < -0.4 is 5.32 Å². The van der Waals surface area contributed by atoms with Gasteiger partial charge in [-0.3, -0.25) is 0 Å². The lowest BCUT2D eigenvalue weighted by molar-refractivity contribution is 0.354. The van der Waals surface area contributed by atoms with E-state index in [2.05, 4.69) is 33.7 Å². The molecule has 0 amide bonds. The van der Waals surface area contributed by atoms with Crippen molar-refractivity contribution >= 4 is 17.0 Å². The molecular weight excluding hydrogens is 270 g/mol. The zero-order valence-corrected chi connectivity index (χ0v) is 11.6. The highest BCUT2D eigenvalue weighted by Crippen LogP contribution is 2.30. The zero-order valence-electron chi connectivity index (χ0n) is 10.7. The molecule has 0 spiro atoms. The molecule has 1 unspecified atom stereocenters. The molecule has 0 saturated carbocycles. The molecule has 1 atom stereocenters. The molecule has 20 heavy (non-hydrogen) atoms. The van der Waals surface area contributed by atoms with E-state index in [0.29, 0.717) is 11.7 Å². The van der Waals surface area contributed by atoms with E-state index in [0.717, 1.165) is 18.5 Å². The summed E-state index contributed by atoms with van der Waals surface area (Å²) in [5.74, 6) is 1.64. The fourth-order valence-electron chi connectivity index (χ4n) is 2.53. The van der Waals surface area contributed by atoms with E-state index in [1.54, 1.807) is 11.3 Å². The summed E-state index contributed by atoms with van der Waals surface area (Å²) in [6, 6.07) is 10.4. The minimum Gasteiger partial charge on any atom is -0.384 e. The van der Waals surface area contributed by atoms with Crippen LogP contribution in [0.4, 0.5) is 5.69 Å². The lowest BCUT2D eigenvalue weighted by Gasteiger charge is -2.23. The first-order chi connectivity index (χ1) is 9.90. The summed E-state index contributed by atoms with van der Waals surface area (Å²) in [7, 11) is 0. The number of hydrogen-bond donors (Lipinski definition) is 1. The van der Waals surface area contributed by atoms with Gasteiger partial charge in [0.2, 0.25) is 11.7 Å².